The summed E-state index contributed by atoms with van der Waals surface area (Å²) in [5, 5.41) is 0.731. The SMILES string of the molecule is COCc1cccc(Br)c1Cl. The van der Waals surface area contributed by atoms with Gasteiger partial charge in [-0.2, -0.15) is 0 Å². The summed E-state index contributed by atoms with van der Waals surface area (Å²) in [6.07, 6.45) is 0. The molecule has 0 N–H and O–H groups in total. The molecule has 0 radical (unpaired) electrons. The van der Waals surface area contributed by atoms with Crippen LogP contribution in [-0.4, -0.2) is 7.11 Å². The van der Waals surface area contributed by atoms with Crippen LogP contribution in [0.15, 0.2) is 22.7 Å². The van der Waals surface area contributed by atoms with Crippen molar-refractivity contribution in [3.05, 3.63) is 33.3 Å². The summed E-state index contributed by atoms with van der Waals surface area (Å²) in [5.74, 6) is 0. The van der Waals surface area contributed by atoms with Crippen LogP contribution in [0.3, 0.4) is 0 Å². The van der Waals surface area contributed by atoms with Crippen LogP contribution < -0.4 is 0 Å². The predicted molar refractivity (Wildman–Crippen MR) is 49.9 cm³/mol. The molecule has 0 aliphatic heterocycles. The van der Waals surface area contributed by atoms with E-state index in [-0.39, 0.29) is 0 Å². The normalized spacial score (nSPS) is 10.1. The first-order chi connectivity index (χ1) is 5.25. The van der Waals surface area contributed by atoms with E-state index in [9.17, 15) is 0 Å². The van der Waals surface area contributed by atoms with E-state index in [0.29, 0.717) is 6.61 Å². The lowest BCUT2D eigenvalue weighted by molar-refractivity contribution is 0.185. The lowest BCUT2D eigenvalue weighted by Gasteiger charge is -2.03. The van der Waals surface area contributed by atoms with Gasteiger partial charge in [-0.15, -0.1) is 0 Å². The smallest absolute Gasteiger partial charge is 0.0727 e. The Hall–Kier alpha value is -0.0500. The predicted octanol–water partition coefficient (Wildman–Crippen LogP) is 3.25. The van der Waals surface area contributed by atoms with Gasteiger partial charge in [-0.1, -0.05) is 23.7 Å². The van der Waals surface area contributed by atoms with Crippen LogP contribution in [0.25, 0.3) is 0 Å². The second-order valence-corrected chi connectivity index (χ2v) is 3.38. The van der Waals surface area contributed by atoms with Gasteiger partial charge in [0.25, 0.3) is 0 Å². The largest absolute Gasteiger partial charge is 0.380 e. The van der Waals surface area contributed by atoms with E-state index in [1.54, 1.807) is 7.11 Å². The van der Waals surface area contributed by atoms with E-state index in [4.69, 9.17) is 16.3 Å². The monoisotopic (exact) mass is 234 g/mol. The van der Waals surface area contributed by atoms with Gasteiger partial charge in [0.1, 0.15) is 0 Å². The van der Waals surface area contributed by atoms with Crippen molar-refractivity contribution in [3.63, 3.8) is 0 Å². The molecule has 0 saturated carbocycles. The maximum atomic E-state index is 5.95. The second-order valence-electron chi connectivity index (χ2n) is 2.15. The Labute approximate surface area is 79.4 Å². The summed E-state index contributed by atoms with van der Waals surface area (Å²) in [4.78, 5) is 0. The summed E-state index contributed by atoms with van der Waals surface area (Å²) in [7, 11) is 1.65. The average Bonchev–Trinajstić information content (AvgIpc) is 1.99. The fourth-order valence-electron chi connectivity index (χ4n) is 0.815. The molecule has 0 heterocycles. The molecule has 3 heteroatoms. The minimum atomic E-state index is 0.554. The van der Waals surface area contributed by atoms with Crippen LogP contribution in [0.5, 0.6) is 0 Å². The fourth-order valence-corrected chi connectivity index (χ4v) is 1.40. The Balaban J connectivity index is 2.96. The first-order valence-electron chi connectivity index (χ1n) is 3.17. The molecule has 0 aliphatic rings. The molecular weight excluding hydrogens is 227 g/mol. The number of benzene rings is 1. The molecule has 0 fully saturated rings. The highest BCUT2D eigenvalue weighted by Gasteiger charge is 2.01. The van der Waals surface area contributed by atoms with E-state index in [1.165, 1.54) is 0 Å². The third-order valence-electron chi connectivity index (χ3n) is 1.33. The number of rotatable bonds is 2. The fraction of sp³-hybridized carbons (Fsp3) is 0.250. The first-order valence-corrected chi connectivity index (χ1v) is 4.34. The Bertz CT molecular complexity index is 250. The molecule has 0 bridgehead atoms. The molecule has 0 saturated heterocycles. The molecule has 11 heavy (non-hydrogen) atoms. The summed E-state index contributed by atoms with van der Waals surface area (Å²) >= 11 is 9.27. The molecule has 60 valence electrons. The Kier molecular flexibility index (Phi) is 3.37. The van der Waals surface area contributed by atoms with Gasteiger partial charge in [0.05, 0.1) is 11.6 Å². The van der Waals surface area contributed by atoms with Crippen molar-refractivity contribution in [2.75, 3.05) is 7.11 Å². The van der Waals surface area contributed by atoms with Gasteiger partial charge in [-0.25, -0.2) is 0 Å². The number of methoxy groups -OCH3 is 1. The molecule has 1 aromatic carbocycles. The summed E-state index contributed by atoms with van der Waals surface area (Å²) in [6.45, 7) is 0.554. The molecule has 0 spiro atoms. The third kappa shape index (κ3) is 2.19. The van der Waals surface area contributed by atoms with E-state index < -0.39 is 0 Å². The molecule has 0 aromatic heterocycles. The lowest BCUT2D eigenvalue weighted by atomic mass is 10.2. The zero-order chi connectivity index (χ0) is 8.27. The van der Waals surface area contributed by atoms with E-state index in [0.717, 1.165) is 15.1 Å². The van der Waals surface area contributed by atoms with Crippen LogP contribution in [0.2, 0.25) is 5.02 Å². The van der Waals surface area contributed by atoms with Crippen molar-refractivity contribution in [1.29, 1.82) is 0 Å². The number of hydrogen-bond donors (Lipinski definition) is 0. The molecule has 0 aliphatic carbocycles. The summed E-state index contributed by atoms with van der Waals surface area (Å²) in [5.41, 5.74) is 1.00. The van der Waals surface area contributed by atoms with Crippen molar-refractivity contribution < 1.29 is 4.74 Å². The minimum absolute atomic E-state index is 0.554. The van der Waals surface area contributed by atoms with Crippen molar-refractivity contribution in [3.8, 4) is 0 Å². The van der Waals surface area contributed by atoms with Crippen LogP contribution >= 0.6 is 27.5 Å². The van der Waals surface area contributed by atoms with Gasteiger partial charge in [0.15, 0.2) is 0 Å². The molecule has 1 nitrogen and oxygen atoms in total. The molecule has 1 rings (SSSR count). The average molecular weight is 236 g/mol. The van der Waals surface area contributed by atoms with Gasteiger partial charge < -0.3 is 4.74 Å². The maximum absolute atomic E-state index is 5.95. The summed E-state index contributed by atoms with van der Waals surface area (Å²) < 4.78 is 5.87. The van der Waals surface area contributed by atoms with E-state index in [1.807, 2.05) is 18.2 Å². The Morgan fingerprint density at radius 1 is 1.55 bits per heavy atom. The molecular formula is C8H8BrClO. The number of ether oxygens (including phenoxy) is 1. The van der Waals surface area contributed by atoms with Crippen LogP contribution in [-0.2, 0) is 11.3 Å². The first kappa shape index (κ1) is 9.04. The lowest BCUT2D eigenvalue weighted by Crippen LogP contribution is -1.88. The van der Waals surface area contributed by atoms with Gasteiger partial charge in [-0.05, 0) is 27.6 Å². The Morgan fingerprint density at radius 3 is 2.91 bits per heavy atom. The summed E-state index contributed by atoms with van der Waals surface area (Å²) in [6, 6.07) is 5.78. The molecule has 0 unspecified atom stereocenters. The minimum Gasteiger partial charge on any atom is -0.380 e. The van der Waals surface area contributed by atoms with Crippen molar-refractivity contribution in [2.45, 2.75) is 6.61 Å². The van der Waals surface area contributed by atoms with Gasteiger partial charge in [-0.3, -0.25) is 0 Å². The zero-order valence-corrected chi connectivity index (χ0v) is 8.45. The van der Waals surface area contributed by atoms with Crippen molar-refractivity contribution in [1.82, 2.24) is 0 Å². The molecule has 0 amide bonds. The number of hydrogen-bond acceptors (Lipinski definition) is 1. The second kappa shape index (κ2) is 4.10. The quantitative estimate of drug-likeness (QED) is 0.765. The van der Waals surface area contributed by atoms with Crippen LogP contribution in [0.4, 0.5) is 0 Å². The van der Waals surface area contributed by atoms with Crippen molar-refractivity contribution in [2.24, 2.45) is 0 Å². The van der Waals surface area contributed by atoms with E-state index in [2.05, 4.69) is 15.9 Å². The molecule has 0 atom stereocenters. The highest BCUT2D eigenvalue weighted by Crippen LogP contribution is 2.26. The van der Waals surface area contributed by atoms with Gasteiger partial charge in [0.2, 0.25) is 0 Å². The standard InChI is InChI=1S/C8H8BrClO/c1-11-5-6-3-2-4-7(9)8(6)10/h2-4H,5H2,1H3. The van der Waals surface area contributed by atoms with Crippen molar-refractivity contribution >= 4 is 27.5 Å². The maximum Gasteiger partial charge on any atom is 0.0727 e. The third-order valence-corrected chi connectivity index (χ3v) is 2.67. The number of halogens is 2. The topological polar surface area (TPSA) is 9.23 Å². The Morgan fingerprint density at radius 2 is 2.27 bits per heavy atom. The zero-order valence-electron chi connectivity index (χ0n) is 6.10. The van der Waals surface area contributed by atoms with Gasteiger partial charge in [0, 0.05) is 11.6 Å². The highest BCUT2D eigenvalue weighted by atomic mass is 79.9. The van der Waals surface area contributed by atoms with Gasteiger partial charge >= 0.3 is 0 Å². The molecule has 1 aromatic rings. The van der Waals surface area contributed by atoms with E-state index >= 15 is 0 Å². The highest BCUT2D eigenvalue weighted by molar-refractivity contribution is 9.10. The van der Waals surface area contributed by atoms with Crippen LogP contribution in [0, 0.1) is 0 Å². The van der Waals surface area contributed by atoms with Crippen LogP contribution in [0.1, 0.15) is 5.56 Å².